The summed E-state index contributed by atoms with van der Waals surface area (Å²) < 4.78 is 44.3. The number of alkyl halides is 3. The van der Waals surface area contributed by atoms with Gasteiger partial charge in [0.1, 0.15) is 5.56 Å². The van der Waals surface area contributed by atoms with Crippen LogP contribution >= 0.6 is 0 Å². The van der Waals surface area contributed by atoms with Gasteiger partial charge in [0, 0.05) is 11.8 Å². The predicted octanol–water partition coefficient (Wildman–Crippen LogP) is 3.12. The first-order valence-electron chi connectivity index (χ1n) is 7.07. The number of rotatable bonds is 3. The van der Waals surface area contributed by atoms with E-state index in [0.717, 1.165) is 25.0 Å². The minimum Gasteiger partial charge on any atom is -0.374 e. The molecule has 3 atom stereocenters. The molecule has 2 heterocycles. The van der Waals surface area contributed by atoms with Gasteiger partial charge < -0.3 is 10.1 Å². The van der Waals surface area contributed by atoms with Crippen molar-refractivity contribution in [3.8, 4) is 0 Å². The molecule has 2 aliphatic heterocycles. The van der Waals surface area contributed by atoms with Crippen LogP contribution in [0.5, 0.6) is 0 Å². The van der Waals surface area contributed by atoms with Gasteiger partial charge in [-0.15, -0.1) is 0 Å². The molecule has 3 rings (SSSR count). The first-order chi connectivity index (χ1) is 10.8. The summed E-state index contributed by atoms with van der Waals surface area (Å²) in [6.07, 6.45) is -2.83. The third-order valence-corrected chi connectivity index (χ3v) is 4.21. The molecule has 6 nitrogen and oxygen atoms in total. The standard InChI is InChI=1S/C14H13F3N2O4/c15-14(16,17)10-5-7(1-3-11(10)19(21)22)18-13(20)9-6-8-2-4-12(9)23-8/h1,3,5,8-9,12H,2,4,6H2,(H,18,20). The maximum Gasteiger partial charge on any atom is 0.423 e. The highest BCUT2D eigenvalue weighted by atomic mass is 19.4. The van der Waals surface area contributed by atoms with E-state index in [1.165, 1.54) is 0 Å². The second kappa shape index (κ2) is 5.48. The van der Waals surface area contributed by atoms with Crippen LogP contribution in [-0.4, -0.2) is 23.0 Å². The largest absolute Gasteiger partial charge is 0.423 e. The average Bonchev–Trinajstić information content (AvgIpc) is 3.08. The summed E-state index contributed by atoms with van der Waals surface area (Å²) in [5, 5.41) is 13.1. The number of anilines is 1. The summed E-state index contributed by atoms with van der Waals surface area (Å²) in [7, 11) is 0. The smallest absolute Gasteiger partial charge is 0.374 e. The SMILES string of the molecule is O=C(Nc1ccc([N+](=O)[O-])c(C(F)(F)F)c1)C1CC2CCC1O2. The molecule has 2 fully saturated rings. The van der Waals surface area contributed by atoms with E-state index < -0.39 is 34.2 Å². The van der Waals surface area contributed by atoms with Crippen LogP contribution in [0.4, 0.5) is 24.5 Å². The molecule has 2 aliphatic rings. The molecule has 0 saturated carbocycles. The molecule has 2 saturated heterocycles. The Morgan fingerprint density at radius 3 is 2.61 bits per heavy atom. The lowest BCUT2D eigenvalue weighted by atomic mass is 9.88. The van der Waals surface area contributed by atoms with E-state index in [1.807, 2.05) is 0 Å². The van der Waals surface area contributed by atoms with Crippen molar-refractivity contribution in [1.82, 2.24) is 0 Å². The molecular formula is C14H13F3N2O4. The highest BCUT2D eigenvalue weighted by Crippen LogP contribution is 2.40. The summed E-state index contributed by atoms with van der Waals surface area (Å²) >= 11 is 0. The van der Waals surface area contributed by atoms with Crippen molar-refractivity contribution in [1.29, 1.82) is 0 Å². The van der Waals surface area contributed by atoms with Crippen LogP contribution in [-0.2, 0) is 15.7 Å². The molecule has 0 spiro atoms. The van der Waals surface area contributed by atoms with Crippen molar-refractivity contribution < 1.29 is 27.6 Å². The molecule has 1 aromatic carbocycles. The van der Waals surface area contributed by atoms with Gasteiger partial charge in [0.2, 0.25) is 5.91 Å². The lowest BCUT2D eigenvalue weighted by molar-refractivity contribution is -0.388. The van der Waals surface area contributed by atoms with E-state index in [4.69, 9.17) is 4.74 Å². The molecule has 0 aromatic heterocycles. The Hall–Kier alpha value is -2.16. The van der Waals surface area contributed by atoms with Gasteiger partial charge in [-0.1, -0.05) is 0 Å². The lowest BCUT2D eigenvalue weighted by Gasteiger charge is -2.18. The van der Waals surface area contributed by atoms with Gasteiger partial charge in [0.15, 0.2) is 0 Å². The van der Waals surface area contributed by atoms with Crippen LogP contribution in [0.1, 0.15) is 24.8 Å². The molecule has 3 unspecified atom stereocenters. The fourth-order valence-corrected chi connectivity index (χ4v) is 3.15. The Morgan fingerprint density at radius 2 is 2.09 bits per heavy atom. The van der Waals surface area contributed by atoms with Crippen LogP contribution in [0.3, 0.4) is 0 Å². The topological polar surface area (TPSA) is 81.5 Å². The number of nitro groups is 1. The van der Waals surface area contributed by atoms with Crippen molar-refractivity contribution in [2.75, 3.05) is 5.32 Å². The maximum absolute atomic E-state index is 12.9. The number of carbonyl (C=O) groups is 1. The molecule has 0 aliphatic carbocycles. The van der Waals surface area contributed by atoms with E-state index in [1.54, 1.807) is 0 Å². The van der Waals surface area contributed by atoms with E-state index in [0.29, 0.717) is 12.5 Å². The number of nitrogens with one attached hydrogen (secondary N) is 1. The monoisotopic (exact) mass is 330 g/mol. The Labute approximate surface area is 128 Å². The Balaban J connectivity index is 1.80. The minimum atomic E-state index is -4.88. The molecule has 1 amide bonds. The number of carbonyl (C=O) groups excluding carboxylic acids is 1. The molecule has 1 aromatic rings. The summed E-state index contributed by atoms with van der Waals surface area (Å²) in [6, 6.07) is 2.43. The normalized spacial score (nSPS) is 26.3. The quantitative estimate of drug-likeness (QED) is 0.682. The first kappa shape index (κ1) is 15.7. The number of ether oxygens (including phenoxy) is 1. The summed E-state index contributed by atoms with van der Waals surface area (Å²) in [6.45, 7) is 0. The number of hydrogen-bond donors (Lipinski definition) is 1. The molecule has 1 N–H and O–H groups in total. The lowest BCUT2D eigenvalue weighted by Crippen LogP contribution is -2.30. The molecule has 0 radical (unpaired) electrons. The van der Waals surface area contributed by atoms with Crippen LogP contribution < -0.4 is 5.32 Å². The summed E-state index contributed by atoms with van der Waals surface area (Å²) in [5.41, 5.74) is -2.54. The zero-order valence-corrected chi connectivity index (χ0v) is 11.8. The van der Waals surface area contributed by atoms with Gasteiger partial charge in [0.25, 0.3) is 5.69 Å². The van der Waals surface area contributed by atoms with Gasteiger partial charge in [-0.25, -0.2) is 0 Å². The number of hydrogen-bond acceptors (Lipinski definition) is 4. The minimum absolute atomic E-state index is 0.0401. The average molecular weight is 330 g/mol. The van der Waals surface area contributed by atoms with Crippen LogP contribution in [0.2, 0.25) is 0 Å². The van der Waals surface area contributed by atoms with E-state index in [-0.39, 0.29) is 17.9 Å². The van der Waals surface area contributed by atoms with Crippen molar-refractivity contribution in [3.63, 3.8) is 0 Å². The third kappa shape index (κ3) is 3.00. The summed E-state index contributed by atoms with van der Waals surface area (Å²) in [4.78, 5) is 21.8. The molecular weight excluding hydrogens is 317 g/mol. The molecule has 9 heteroatoms. The van der Waals surface area contributed by atoms with Gasteiger partial charge in [-0.05, 0) is 31.4 Å². The van der Waals surface area contributed by atoms with Crippen molar-refractivity contribution in [2.24, 2.45) is 5.92 Å². The van der Waals surface area contributed by atoms with Crippen LogP contribution in [0.25, 0.3) is 0 Å². The van der Waals surface area contributed by atoms with E-state index in [9.17, 15) is 28.1 Å². The van der Waals surface area contributed by atoms with Gasteiger partial charge in [0.05, 0.1) is 23.0 Å². The van der Waals surface area contributed by atoms with Crippen LogP contribution in [0, 0.1) is 16.0 Å². The maximum atomic E-state index is 12.9. The number of nitro benzene ring substituents is 1. The Kier molecular flexibility index (Phi) is 3.75. The van der Waals surface area contributed by atoms with Crippen molar-refractivity contribution in [3.05, 3.63) is 33.9 Å². The molecule has 23 heavy (non-hydrogen) atoms. The Bertz CT molecular complexity index is 662. The first-order valence-corrected chi connectivity index (χ1v) is 7.07. The molecule has 124 valence electrons. The molecule has 2 bridgehead atoms. The second-order valence-corrected chi connectivity index (χ2v) is 5.69. The van der Waals surface area contributed by atoms with Gasteiger partial charge >= 0.3 is 6.18 Å². The number of nitrogens with zero attached hydrogens (tertiary/aromatic N) is 1. The second-order valence-electron chi connectivity index (χ2n) is 5.69. The van der Waals surface area contributed by atoms with Gasteiger partial charge in [-0.3, -0.25) is 14.9 Å². The zero-order chi connectivity index (χ0) is 16.8. The third-order valence-electron chi connectivity index (χ3n) is 4.21. The number of amides is 1. The number of halogens is 3. The number of fused-ring (bicyclic) bond motifs is 2. The highest BCUT2D eigenvalue weighted by Gasteiger charge is 2.44. The fraction of sp³-hybridized carbons (Fsp3) is 0.500. The summed E-state index contributed by atoms with van der Waals surface area (Å²) in [5.74, 6) is -0.808. The number of benzene rings is 1. The van der Waals surface area contributed by atoms with E-state index in [2.05, 4.69) is 5.32 Å². The van der Waals surface area contributed by atoms with E-state index >= 15 is 0 Å². The zero-order valence-electron chi connectivity index (χ0n) is 11.8. The Morgan fingerprint density at radius 1 is 1.35 bits per heavy atom. The fourth-order valence-electron chi connectivity index (χ4n) is 3.15. The van der Waals surface area contributed by atoms with Crippen LogP contribution in [0.15, 0.2) is 18.2 Å². The van der Waals surface area contributed by atoms with Crippen molar-refractivity contribution >= 4 is 17.3 Å². The van der Waals surface area contributed by atoms with Crippen molar-refractivity contribution in [2.45, 2.75) is 37.6 Å². The highest BCUT2D eigenvalue weighted by molar-refractivity contribution is 5.93. The predicted molar refractivity (Wildman–Crippen MR) is 72.7 cm³/mol. The van der Waals surface area contributed by atoms with Gasteiger partial charge in [-0.2, -0.15) is 13.2 Å².